The van der Waals surface area contributed by atoms with Crippen molar-refractivity contribution in [2.75, 3.05) is 33.7 Å². The molecular weight excluding hydrogens is 330 g/mol. The first-order valence-electron chi connectivity index (χ1n) is 8.93. The maximum absolute atomic E-state index is 12.1. The highest BCUT2D eigenvalue weighted by Gasteiger charge is 2.11. The normalized spacial score (nSPS) is 11.2. The van der Waals surface area contributed by atoms with Crippen LogP contribution >= 0.6 is 0 Å². The average molecular weight is 359 g/mol. The van der Waals surface area contributed by atoms with Crippen molar-refractivity contribution in [1.29, 1.82) is 0 Å². The molecule has 0 radical (unpaired) electrons. The maximum atomic E-state index is 12.1. The van der Waals surface area contributed by atoms with Gasteiger partial charge in [-0.25, -0.2) is 5.01 Å². The smallest absolute Gasteiger partial charge is 0.221 e. The van der Waals surface area contributed by atoms with Gasteiger partial charge in [0.25, 0.3) is 0 Å². The minimum absolute atomic E-state index is 0.0142. The third-order valence-electron chi connectivity index (χ3n) is 4.24. The second kappa shape index (κ2) is 10.1. The van der Waals surface area contributed by atoms with E-state index in [0.717, 1.165) is 12.1 Å². The van der Waals surface area contributed by atoms with Gasteiger partial charge in [-0.3, -0.25) is 15.0 Å². The molecule has 0 aliphatic heterocycles. The summed E-state index contributed by atoms with van der Waals surface area (Å²) < 4.78 is 2.21. The first-order chi connectivity index (χ1) is 12.5. The van der Waals surface area contributed by atoms with Crippen molar-refractivity contribution in [3.8, 4) is 0 Å². The number of amides is 1. The summed E-state index contributed by atoms with van der Waals surface area (Å²) in [5.41, 5.74) is 5.41. The summed E-state index contributed by atoms with van der Waals surface area (Å²) in [6, 6.07) is 10.4. The Morgan fingerprint density at radius 1 is 1.19 bits per heavy atom. The summed E-state index contributed by atoms with van der Waals surface area (Å²) >= 11 is 0. The largest absolute Gasteiger partial charge is 0.355 e. The summed E-state index contributed by atoms with van der Waals surface area (Å²) in [5.74, 6) is 0.107. The average Bonchev–Trinajstić information content (AvgIpc) is 2.96. The Bertz CT molecular complexity index is 741. The standard InChI is InChI=1S/C19H29N5O2/c1-15(25)13-21-9-10-22-19(26)8-11-24-17(14-23(3)20-2)12-16-6-4-5-7-18(16)24/h4-7,12,20-21H,8-11,13-14H2,1-3H3,(H,22,26). The van der Waals surface area contributed by atoms with E-state index in [1.165, 1.54) is 18.0 Å². The van der Waals surface area contributed by atoms with Crippen LogP contribution in [0.5, 0.6) is 0 Å². The molecule has 26 heavy (non-hydrogen) atoms. The Morgan fingerprint density at radius 3 is 2.69 bits per heavy atom. The van der Waals surface area contributed by atoms with Crippen LogP contribution in [0, 0.1) is 0 Å². The molecule has 2 aromatic rings. The lowest BCUT2D eigenvalue weighted by molar-refractivity contribution is -0.121. The molecule has 0 bridgehead atoms. The summed E-state index contributed by atoms with van der Waals surface area (Å²) in [6.07, 6.45) is 0.418. The number of para-hydroxylation sites is 1. The zero-order valence-corrected chi connectivity index (χ0v) is 15.8. The van der Waals surface area contributed by atoms with Gasteiger partial charge in [0.15, 0.2) is 0 Å². The van der Waals surface area contributed by atoms with Crippen molar-refractivity contribution >= 4 is 22.6 Å². The van der Waals surface area contributed by atoms with E-state index in [9.17, 15) is 9.59 Å². The number of hydrogen-bond acceptors (Lipinski definition) is 5. The fourth-order valence-electron chi connectivity index (χ4n) is 2.84. The van der Waals surface area contributed by atoms with Gasteiger partial charge in [-0.05, 0) is 31.5 Å². The number of Topliss-reactive ketones (excluding diaryl/α,β-unsaturated/α-hetero) is 1. The molecule has 0 fully saturated rings. The fraction of sp³-hybridized carbons (Fsp3) is 0.474. The number of carbonyl (C=O) groups excluding carboxylic acids is 2. The Balaban J connectivity index is 1.93. The second-order valence-electron chi connectivity index (χ2n) is 6.40. The maximum Gasteiger partial charge on any atom is 0.221 e. The Labute approximate surface area is 154 Å². The summed E-state index contributed by atoms with van der Waals surface area (Å²) in [5, 5.41) is 9.07. The lowest BCUT2D eigenvalue weighted by Gasteiger charge is -2.17. The molecule has 1 aromatic heterocycles. The van der Waals surface area contributed by atoms with Crippen molar-refractivity contribution in [1.82, 2.24) is 25.6 Å². The minimum Gasteiger partial charge on any atom is -0.355 e. The first-order valence-corrected chi connectivity index (χ1v) is 8.93. The van der Waals surface area contributed by atoms with Gasteiger partial charge in [0, 0.05) is 44.3 Å². The molecular formula is C19H29N5O2. The van der Waals surface area contributed by atoms with E-state index in [2.05, 4.69) is 38.8 Å². The zero-order valence-electron chi connectivity index (χ0n) is 15.8. The molecule has 3 N–H and O–H groups in total. The van der Waals surface area contributed by atoms with Crippen LogP contribution in [0.1, 0.15) is 19.0 Å². The van der Waals surface area contributed by atoms with Crippen molar-refractivity contribution in [3.05, 3.63) is 36.0 Å². The highest BCUT2D eigenvalue weighted by Crippen LogP contribution is 2.21. The number of hydrogen-bond donors (Lipinski definition) is 3. The van der Waals surface area contributed by atoms with Gasteiger partial charge in [-0.1, -0.05) is 18.2 Å². The van der Waals surface area contributed by atoms with E-state index in [4.69, 9.17) is 0 Å². The number of aromatic nitrogens is 1. The van der Waals surface area contributed by atoms with Crippen molar-refractivity contribution < 1.29 is 9.59 Å². The highest BCUT2D eigenvalue weighted by atomic mass is 16.1. The minimum atomic E-state index is 0.0142. The molecule has 7 heteroatoms. The van der Waals surface area contributed by atoms with E-state index < -0.39 is 0 Å². The van der Waals surface area contributed by atoms with Crippen LogP contribution in [0.25, 0.3) is 10.9 Å². The van der Waals surface area contributed by atoms with Crippen molar-refractivity contribution in [3.63, 3.8) is 0 Å². The van der Waals surface area contributed by atoms with E-state index in [0.29, 0.717) is 32.6 Å². The third kappa shape index (κ3) is 5.94. The monoisotopic (exact) mass is 359 g/mol. The van der Waals surface area contributed by atoms with Gasteiger partial charge >= 0.3 is 0 Å². The number of hydrazine groups is 1. The highest BCUT2D eigenvalue weighted by molar-refractivity contribution is 5.82. The Kier molecular flexibility index (Phi) is 7.77. The number of rotatable bonds is 11. The molecule has 0 unspecified atom stereocenters. The summed E-state index contributed by atoms with van der Waals surface area (Å²) in [7, 11) is 3.88. The predicted molar refractivity (Wildman–Crippen MR) is 104 cm³/mol. The topological polar surface area (TPSA) is 78.4 Å². The molecule has 0 aliphatic rings. The van der Waals surface area contributed by atoms with Crippen LogP contribution in [-0.4, -0.2) is 55.0 Å². The van der Waals surface area contributed by atoms with Crippen LogP contribution in [-0.2, 0) is 22.7 Å². The SMILES string of the molecule is CNN(C)Cc1cc2ccccc2n1CCC(=O)NCCNCC(C)=O. The number of fused-ring (bicyclic) bond motifs is 1. The fourth-order valence-corrected chi connectivity index (χ4v) is 2.84. The molecule has 1 heterocycles. The first kappa shape index (κ1) is 20.1. The Morgan fingerprint density at radius 2 is 1.96 bits per heavy atom. The molecule has 1 amide bonds. The zero-order chi connectivity index (χ0) is 18.9. The predicted octanol–water partition coefficient (Wildman–Crippen LogP) is 0.892. The molecule has 0 saturated heterocycles. The van der Waals surface area contributed by atoms with Gasteiger partial charge in [0.05, 0.1) is 13.1 Å². The molecule has 1 aromatic carbocycles. The summed E-state index contributed by atoms with van der Waals surface area (Å²) in [6.45, 7) is 4.38. The lowest BCUT2D eigenvalue weighted by atomic mass is 10.2. The summed E-state index contributed by atoms with van der Waals surface area (Å²) in [4.78, 5) is 23.0. The molecule has 0 saturated carbocycles. The molecule has 0 atom stereocenters. The van der Waals surface area contributed by atoms with Crippen LogP contribution in [0.15, 0.2) is 30.3 Å². The van der Waals surface area contributed by atoms with Gasteiger partial charge < -0.3 is 15.2 Å². The molecule has 7 nitrogen and oxygen atoms in total. The lowest BCUT2D eigenvalue weighted by Crippen LogP contribution is -2.34. The number of nitrogens with one attached hydrogen (secondary N) is 3. The third-order valence-corrected chi connectivity index (χ3v) is 4.24. The van der Waals surface area contributed by atoms with E-state index in [1.54, 1.807) is 0 Å². The molecule has 0 aliphatic carbocycles. The van der Waals surface area contributed by atoms with Crippen LogP contribution in [0.2, 0.25) is 0 Å². The van der Waals surface area contributed by atoms with Crippen LogP contribution < -0.4 is 16.1 Å². The van der Waals surface area contributed by atoms with E-state index in [-0.39, 0.29) is 11.7 Å². The van der Waals surface area contributed by atoms with Gasteiger partial charge in [0.1, 0.15) is 5.78 Å². The number of ketones is 1. The van der Waals surface area contributed by atoms with Gasteiger partial charge in [-0.2, -0.15) is 0 Å². The number of aryl methyl sites for hydroxylation is 1. The number of carbonyl (C=O) groups is 2. The van der Waals surface area contributed by atoms with E-state index in [1.807, 2.05) is 31.2 Å². The molecule has 142 valence electrons. The number of benzene rings is 1. The Hall–Kier alpha value is -2.22. The van der Waals surface area contributed by atoms with Crippen molar-refractivity contribution in [2.45, 2.75) is 26.4 Å². The quantitative estimate of drug-likeness (QED) is 0.410. The van der Waals surface area contributed by atoms with Gasteiger partial charge in [0.2, 0.25) is 5.91 Å². The molecule has 2 rings (SSSR count). The van der Waals surface area contributed by atoms with E-state index >= 15 is 0 Å². The van der Waals surface area contributed by atoms with Crippen molar-refractivity contribution in [2.24, 2.45) is 0 Å². The van der Waals surface area contributed by atoms with Crippen LogP contribution in [0.4, 0.5) is 0 Å². The second-order valence-corrected chi connectivity index (χ2v) is 6.40. The van der Waals surface area contributed by atoms with Gasteiger partial charge in [-0.15, -0.1) is 0 Å². The number of nitrogens with zero attached hydrogens (tertiary/aromatic N) is 2. The molecule has 0 spiro atoms. The van der Waals surface area contributed by atoms with Crippen LogP contribution in [0.3, 0.4) is 0 Å².